The maximum Gasteiger partial charge on any atom is 0.261 e. The van der Waals surface area contributed by atoms with Crippen molar-refractivity contribution in [2.45, 2.75) is 58.7 Å². The zero-order chi connectivity index (χ0) is 44.3. The molecule has 0 saturated heterocycles. The van der Waals surface area contributed by atoms with Crippen molar-refractivity contribution in [1.82, 2.24) is 30.4 Å². The van der Waals surface area contributed by atoms with Crippen LogP contribution in [-0.4, -0.2) is 91.2 Å². The van der Waals surface area contributed by atoms with Crippen LogP contribution in [0.1, 0.15) is 73.3 Å². The van der Waals surface area contributed by atoms with E-state index in [0.29, 0.717) is 70.2 Å². The number of nitrogens with one attached hydrogen (secondary N) is 2. The van der Waals surface area contributed by atoms with Crippen molar-refractivity contribution < 1.29 is 19.4 Å². The monoisotopic (exact) mass is 944 g/mol. The van der Waals surface area contributed by atoms with Gasteiger partial charge in [-0.1, -0.05) is 54.9 Å². The molecule has 12 nitrogen and oxygen atoms in total. The Hall–Kier alpha value is -4.09. The maximum absolute atomic E-state index is 12.5. The van der Waals surface area contributed by atoms with Crippen molar-refractivity contribution >= 4 is 102 Å². The van der Waals surface area contributed by atoms with Gasteiger partial charge in [0.1, 0.15) is 11.6 Å². The van der Waals surface area contributed by atoms with E-state index in [1.165, 1.54) is 22.7 Å². The van der Waals surface area contributed by atoms with Crippen molar-refractivity contribution in [2.75, 3.05) is 66.0 Å². The highest BCUT2D eigenvalue weighted by Gasteiger charge is 2.15. The van der Waals surface area contributed by atoms with Crippen molar-refractivity contribution in [3.63, 3.8) is 0 Å². The Labute approximate surface area is 388 Å². The normalized spacial score (nSPS) is 10.9. The summed E-state index contributed by atoms with van der Waals surface area (Å²) in [4.78, 5) is 40.0. The Balaban J connectivity index is 0.000000283. The first kappa shape index (κ1) is 52.3. The molecule has 0 aliphatic carbocycles. The third-order valence-electron chi connectivity index (χ3n) is 9.10. The summed E-state index contributed by atoms with van der Waals surface area (Å²) in [6.45, 7) is 4.42. The molecule has 0 aliphatic heterocycles. The van der Waals surface area contributed by atoms with Crippen molar-refractivity contribution in [1.29, 1.82) is 0 Å². The zero-order valence-electron chi connectivity index (χ0n) is 35.0. The number of aromatic nitrogens is 2. The first-order valence-electron chi connectivity index (χ1n) is 19.7. The molecule has 0 radical (unpaired) electrons. The molecule has 7 N–H and O–H groups in total. The van der Waals surface area contributed by atoms with Gasteiger partial charge >= 0.3 is 0 Å². The molecule has 0 bridgehead atoms. The van der Waals surface area contributed by atoms with Crippen LogP contribution in [0.25, 0.3) is 21.5 Å². The van der Waals surface area contributed by atoms with Gasteiger partial charge < -0.3 is 41.7 Å². The highest BCUT2D eigenvalue weighted by Crippen LogP contribution is 2.30. The van der Waals surface area contributed by atoms with Crippen LogP contribution in [0.4, 0.5) is 11.6 Å². The fourth-order valence-corrected chi connectivity index (χ4v) is 8.62. The number of hydrogen-bond donors (Lipinski definition) is 5. The quantitative estimate of drug-likeness (QED) is 0.0413. The molecular formula is C45H59Cl3N8O4S2. The number of fused-ring (bicyclic) bond motifs is 2. The fourth-order valence-electron chi connectivity index (χ4n) is 5.82. The number of hydrogen-bond acceptors (Lipinski definition) is 12. The maximum atomic E-state index is 12.5. The van der Waals surface area contributed by atoms with E-state index >= 15 is 0 Å². The smallest absolute Gasteiger partial charge is 0.261 e. The number of nitrogen functional groups attached to an aromatic ring is 2. The number of rotatable bonds is 18. The summed E-state index contributed by atoms with van der Waals surface area (Å²) in [5.41, 5.74) is 13.7. The number of alkyl halides is 1. The molecule has 6 rings (SSSR count). The van der Waals surface area contributed by atoms with Crippen LogP contribution >= 0.6 is 57.5 Å². The van der Waals surface area contributed by atoms with Gasteiger partial charge in [0.15, 0.2) is 0 Å². The van der Waals surface area contributed by atoms with Gasteiger partial charge in [0.25, 0.3) is 11.8 Å². The number of carbonyl (C=O) groups excluding carboxylic acids is 2. The molecule has 4 aromatic heterocycles. The molecule has 0 spiro atoms. The van der Waals surface area contributed by atoms with Crippen LogP contribution in [0.3, 0.4) is 0 Å². The van der Waals surface area contributed by atoms with Gasteiger partial charge in [-0.3, -0.25) is 9.59 Å². The molecule has 62 heavy (non-hydrogen) atoms. The molecule has 0 fully saturated rings. The SMILES string of the molecule is C.CN(C)CCCCO.CN(C)CCCCOCc1sc(C(=O)NCc2ccc3c(N)nccc3c2)cc1Cl.Nc1nccc2cc(CNC(=O)c3cc(Cl)c(CCl)s3)ccc12. The minimum atomic E-state index is -0.164. The minimum Gasteiger partial charge on any atom is -0.396 e. The second-order valence-corrected chi connectivity index (χ2v) is 17.9. The van der Waals surface area contributed by atoms with Gasteiger partial charge in [-0.25, -0.2) is 9.97 Å². The lowest BCUT2D eigenvalue weighted by molar-refractivity contribution is 0.0947. The van der Waals surface area contributed by atoms with Crippen LogP contribution in [0, 0.1) is 0 Å². The van der Waals surface area contributed by atoms with Crippen molar-refractivity contribution in [3.8, 4) is 0 Å². The van der Waals surface area contributed by atoms with Gasteiger partial charge in [-0.05, 0) is 125 Å². The second kappa shape index (κ2) is 27.2. The standard InChI is InChI=1S/C22H27ClN4O2S.C16H13Cl2N3OS.C6H15NO.CH4/c1-27(2)9-3-4-10-29-14-20-18(23)12-19(30-20)22(28)26-13-15-5-6-17-16(11-15)7-8-25-21(17)24;17-7-14-12(18)6-13(23-14)16(22)21-8-9-1-2-11-10(5-9)3-4-20-15(11)19;1-7(2)5-3-4-6-8;/h5-8,11-12H,3-4,9-10,13-14H2,1-2H3,(H2,24,25)(H,26,28);1-6H,7-8H2,(H2,19,20)(H,21,22);8H,3-6H2,1-2H3;1H4. The van der Waals surface area contributed by atoms with E-state index in [9.17, 15) is 9.59 Å². The summed E-state index contributed by atoms with van der Waals surface area (Å²) < 4.78 is 5.72. The summed E-state index contributed by atoms with van der Waals surface area (Å²) in [6, 6.07) is 18.8. The van der Waals surface area contributed by atoms with Crippen molar-refractivity contribution in [2.24, 2.45) is 0 Å². The number of nitrogens with zero attached hydrogens (tertiary/aromatic N) is 4. The number of ether oxygens (including phenoxy) is 1. The Morgan fingerprint density at radius 2 is 1.18 bits per heavy atom. The van der Waals surface area contributed by atoms with Crippen LogP contribution < -0.4 is 22.1 Å². The first-order chi connectivity index (χ1) is 29.3. The van der Waals surface area contributed by atoms with E-state index < -0.39 is 0 Å². The molecule has 336 valence electrons. The molecule has 0 aliphatic rings. The lowest BCUT2D eigenvalue weighted by atomic mass is 10.1. The Kier molecular flexibility index (Phi) is 22.9. The van der Waals surface area contributed by atoms with E-state index in [-0.39, 0.29) is 19.2 Å². The highest BCUT2D eigenvalue weighted by molar-refractivity contribution is 7.15. The second-order valence-electron chi connectivity index (χ2n) is 14.6. The molecule has 6 aromatic rings. The Morgan fingerprint density at radius 1 is 0.710 bits per heavy atom. The molecule has 0 atom stereocenters. The summed E-state index contributed by atoms with van der Waals surface area (Å²) in [5.74, 6) is 0.997. The Bertz CT molecular complexity index is 2320. The van der Waals surface area contributed by atoms with Crippen LogP contribution in [-0.2, 0) is 30.3 Å². The van der Waals surface area contributed by atoms with Crippen LogP contribution in [0.2, 0.25) is 10.0 Å². The number of nitrogens with two attached hydrogens (primary N) is 2. The molecule has 4 heterocycles. The number of aliphatic hydroxyl groups excluding tert-OH is 1. The van der Waals surface area contributed by atoms with E-state index in [0.717, 1.165) is 81.2 Å². The summed E-state index contributed by atoms with van der Waals surface area (Å²) in [5, 5.41) is 19.1. The average Bonchev–Trinajstić information content (AvgIpc) is 3.82. The van der Waals surface area contributed by atoms with E-state index in [1.54, 1.807) is 24.5 Å². The lowest BCUT2D eigenvalue weighted by Gasteiger charge is -2.08. The molecule has 2 amide bonds. The fraction of sp³-hybridized carbons (Fsp3) is 0.378. The predicted molar refractivity (Wildman–Crippen MR) is 262 cm³/mol. The van der Waals surface area contributed by atoms with E-state index in [1.807, 2.05) is 62.6 Å². The minimum absolute atomic E-state index is 0. The molecule has 17 heteroatoms. The molecule has 2 aromatic carbocycles. The summed E-state index contributed by atoms with van der Waals surface area (Å²) >= 11 is 20.8. The third kappa shape index (κ3) is 16.9. The van der Waals surface area contributed by atoms with Gasteiger partial charge in [-0.15, -0.1) is 34.3 Å². The summed E-state index contributed by atoms with van der Waals surface area (Å²) in [6.07, 6.45) is 7.47. The number of benzene rings is 2. The number of carbonyl (C=O) groups is 2. The largest absolute Gasteiger partial charge is 0.396 e. The van der Waals surface area contributed by atoms with Gasteiger partial charge in [0.05, 0.1) is 32.3 Å². The predicted octanol–water partition coefficient (Wildman–Crippen LogP) is 9.48. The molecule has 0 saturated carbocycles. The van der Waals surface area contributed by atoms with Crippen molar-refractivity contribution in [3.05, 3.63) is 114 Å². The van der Waals surface area contributed by atoms with Gasteiger partial charge in [-0.2, -0.15) is 0 Å². The molecule has 0 unspecified atom stereocenters. The number of halogens is 3. The van der Waals surface area contributed by atoms with E-state index in [2.05, 4.69) is 44.5 Å². The van der Waals surface area contributed by atoms with Crippen LogP contribution in [0.5, 0.6) is 0 Å². The number of pyridine rings is 2. The Morgan fingerprint density at radius 3 is 1.63 bits per heavy atom. The van der Waals surface area contributed by atoms with Gasteiger partial charge in [0.2, 0.25) is 0 Å². The number of amides is 2. The van der Waals surface area contributed by atoms with E-state index in [4.69, 9.17) is 56.1 Å². The lowest BCUT2D eigenvalue weighted by Crippen LogP contribution is -2.21. The number of unbranched alkanes of at least 4 members (excludes halogenated alkanes) is 2. The zero-order valence-corrected chi connectivity index (χ0v) is 38.9. The molecular weight excluding hydrogens is 887 g/mol. The van der Waals surface area contributed by atoms with Crippen LogP contribution in [0.15, 0.2) is 73.1 Å². The number of anilines is 2. The van der Waals surface area contributed by atoms with Gasteiger partial charge in [0, 0.05) is 59.2 Å². The number of aliphatic hydroxyl groups is 1. The topological polar surface area (TPSA) is 172 Å². The highest BCUT2D eigenvalue weighted by atomic mass is 35.5. The average molecular weight is 947 g/mol. The first-order valence-corrected chi connectivity index (χ1v) is 22.6. The summed E-state index contributed by atoms with van der Waals surface area (Å²) in [7, 11) is 8.20. The number of thiophene rings is 2. The third-order valence-corrected chi connectivity index (χ3v) is 12.7.